The summed E-state index contributed by atoms with van der Waals surface area (Å²) in [6, 6.07) is 11.9. The second kappa shape index (κ2) is 7.78. The molecule has 1 aliphatic heterocycles. The normalized spacial score (nSPS) is 15.6. The van der Waals surface area contributed by atoms with E-state index in [9.17, 15) is 18.8 Å². The largest absolute Gasteiger partial charge is 0.457 e. The van der Waals surface area contributed by atoms with Crippen LogP contribution in [0.1, 0.15) is 5.76 Å². The molecule has 0 aliphatic carbocycles. The van der Waals surface area contributed by atoms with E-state index in [0.717, 1.165) is 17.0 Å². The predicted octanol–water partition coefficient (Wildman–Crippen LogP) is 5.06. The van der Waals surface area contributed by atoms with Crippen LogP contribution < -0.4 is 10.2 Å². The Morgan fingerprint density at radius 1 is 0.933 bits per heavy atom. The summed E-state index contributed by atoms with van der Waals surface area (Å²) in [5.41, 5.74) is 0.457. The third kappa shape index (κ3) is 3.72. The lowest BCUT2D eigenvalue weighted by Gasteiger charge is -2.26. The quantitative estimate of drug-likeness (QED) is 0.452. The maximum atomic E-state index is 13.2. The number of amides is 4. The van der Waals surface area contributed by atoms with Gasteiger partial charge in [0.2, 0.25) is 0 Å². The molecule has 2 heterocycles. The van der Waals surface area contributed by atoms with Gasteiger partial charge in [-0.15, -0.1) is 0 Å². The Kier molecular flexibility index (Phi) is 5.15. The zero-order chi connectivity index (χ0) is 21.4. The van der Waals surface area contributed by atoms with Crippen molar-refractivity contribution in [3.8, 4) is 11.3 Å². The Balaban J connectivity index is 1.67. The maximum Gasteiger partial charge on any atom is 0.335 e. The minimum absolute atomic E-state index is 0.119. The highest BCUT2D eigenvalue weighted by molar-refractivity contribution is 6.42. The first-order valence-corrected chi connectivity index (χ1v) is 9.31. The summed E-state index contributed by atoms with van der Waals surface area (Å²) in [7, 11) is 0. The molecule has 3 aromatic rings. The Bertz CT molecular complexity index is 1220. The third-order valence-electron chi connectivity index (χ3n) is 4.30. The van der Waals surface area contributed by atoms with Crippen molar-refractivity contribution < 1.29 is 23.2 Å². The van der Waals surface area contributed by atoms with Gasteiger partial charge in [-0.1, -0.05) is 23.2 Å². The summed E-state index contributed by atoms with van der Waals surface area (Å²) in [4.78, 5) is 37.9. The molecule has 1 N–H and O–H groups in total. The molecule has 2 aromatic carbocycles. The SMILES string of the molecule is O=C1NC(=O)N(c2ccc(F)cc2)C(=O)/C1=C\c1ccc(-c2ccc(Cl)c(Cl)c2)o1. The van der Waals surface area contributed by atoms with Crippen LogP contribution in [0.25, 0.3) is 17.4 Å². The van der Waals surface area contributed by atoms with E-state index in [4.69, 9.17) is 27.6 Å². The average molecular weight is 445 g/mol. The third-order valence-corrected chi connectivity index (χ3v) is 5.04. The number of nitrogens with zero attached hydrogens (tertiary/aromatic N) is 1. The van der Waals surface area contributed by atoms with E-state index in [0.29, 0.717) is 21.4 Å². The molecule has 4 amide bonds. The Hall–Kier alpha value is -3.42. The first-order chi connectivity index (χ1) is 14.3. The number of carbonyl (C=O) groups is 3. The first kappa shape index (κ1) is 19.9. The monoisotopic (exact) mass is 444 g/mol. The van der Waals surface area contributed by atoms with E-state index >= 15 is 0 Å². The summed E-state index contributed by atoms with van der Waals surface area (Å²) in [6.45, 7) is 0. The van der Waals surface area contributed by atoms with E-state index in [-0.39, 0.29) is 17.0 Å². The summed E-state index contributed by atoms with van der Waals surface area (Å²) < 4.78 is 18.9. The lowest BCUT2D eigenvalue weighted by atomic mass is 10.1. The molecule has 9 heteroatoms. The van der Waals surface area contributed by atoms with Crippen LogP contribution in [0.5, 0.6) is 0 Å². The first-order valence-electron chi connectivity index (χ1n) is 8.56. The fourth-order valence-electron chi connectivity index (χ4n) is 2.86. The van der Waals surface area contributed by atoms with Gasteiger partial charge in [-0.3, -0.25) is 14.9 Å². The minimum Gasteiger partial charge on any atom is -0.457 e. The number of imide groups is 2. The standard InChI is InChI=1S/C21H11Cl2FN2O4/c22-16-7-1-11(9-17(16)23)18-8-6-14(30-18)10-15-19(27)25-21(29)26(20(15)28)13-4-2-12(24)3-5-13/h1-10H,(H,25,27,29)/b15-10-. The number of nitrogens with one attached hydrogen (secondary N) is 1. The highest BCUT2D eigenvalue weighted by Gasteiger charge is 2.37. The summed E-state index contributed by atoms with van der Waals surface area (Å²) >= 11 is 11.9. The molecule has 4 rings (SSSR count). The van der Waals surface area contributed by atoms with Crippen LogP contribution in [0.2, 0.25) is 10.0 Å². The van der Waals surface area contributed by atoms with Crippen molar-refractivity contribution in [1.82, 2.24) is 5.32 Å². The fourth-order valence-corrected chi connectivity index (χ4v) is 3.16. The molecule has 0 unspecified atom stereocenters. The molecule has 1 saturated heterocycles. The van der Waals surface area contributed by atoms with Crippen LogP contribution in [0.3, 0.4) is 0 Å². The van der Waals surface area contributed by atoms with Crippen LogP contribution >= 0.6 is 23.2 Å². The van der Waals surface area contributed by atoms with Gasteiger partial charge in [0.25, 0.3) is 11.8 Å². The molecular weight excluding hydrogens is 434 g/mol. The molecule has 0 spiro atoms. The molecule has 0 radical (unpaired) electrons. The van der Waals surface area contributed by atoms with Gasteiger partial charge in [0.15, 0.2) is 0 Å². The lowest BCUT2D eigenvalue weighted by molar-refractivity contribution is -0.122. The van der Waals surface area contributed by atoms with E-state index in [1.807, 2.05) is 0 Å². The number of furan rings is 1. The number of carbonyl (C=O) groups excluding carboxylic acids is 3. The van der Waals surface area contributed by atoms with Crippen molar-refractivity contribution in [3.63, 3.8) is 0 Å². The van der Waals surface area contributed by atoms with Crippen LogP contribution in [0.15, 0.2) is 64.6 Å². The Labute approximate surface area is 179 Å². The van der Waals surface area contributed by atoms with Crippen molar-refractivity contribution in [2.75, 3.05) is 4.90 Å². The van der Waals surface area contributed by atoms with Gasteiger partial charge >= 0.3 is 6.03 Å². The van der Waals surface area contributed by atoms with Gasteiger partial charge in [-0.05, 0) is 60.7 Å². The summed E-state index contributed by atoms with van der Waals surface area (Å²) in [5, 5.41) is 2.83. The highest BCUT2D eigenvalue weighted by Crippen LogP contribution is 2.30. The van der Waals surface area contributed by atoms with Crippen molar-refractivity contribution in [1.29, 1.82) is 0 Å². The smallest absolute Gasteiger partial charge is 0.335 e. The molecule has 150 valence electrons. The molecule has 1 fully saturated rings. The van der Waals surface area contributed by atoms with Gasteiger partial charge in [-0.25, -0.2) is 14.1 Å². The number of urea groups is 1. The van der Waals surface area contributed by atoms with Gasteiger partial charge in [0.1, 0.15) is 22.9 Å². The van der Waals surface area contributed by atoms with Gasteiger partial charge in [0.05, 0.1) is 15.7 Å². The molecule has 0 bridgehead atoms. The summed E-state index contributed by atoms with van der Waals surface area (Å²) in [6.07, 6.45) is 1.22. The lowest BCUT2D eigenvalue weighted by Crippen LogP contribution is -2.54. The average Bonchev–Trinajstić information content (AvgIpc) is 3.17. The van der Waals surface area contributed by atoms with Gasteiger partial charge in [-0.2, -0.15) is 0 Å². The predicted molar refractivity (Wildman–Crippen MR) is 110 cm³/mol. The van der Waals surface area contributed by atoms with Gasteiger partial charge in [0, 0.05) is 5.56 Å². The molecule has 30 heavy (non-hydrogen) atoms. The Morgan fingerprint density at radius 3 is 2.37 bits per heavy atom. The Morgan fingerprint density at radius 2 is 1.67 bits per heavy atom. The van der Waals surface area contributed by atoms with Crippen molar-refractivity contribution in [2.45, 2.75) is 0 Å². The van der Waals surface area contributed by atoms with E-state index in [2.05, 4.69) is 5.32 Å². The maximum absolute atomic E-state index is 13.2. The molecule has 6 nitrogen and oxygen atoms in total. The molecular formula is C21H11Cl2FN2O4. The molecule has 1 aliphatic rings. The fraction of sp³-hybridized carbons (Fsp3) is 0. The number of halogens is 3. The van der Waals surface area contributed by atoms with Gasteiger partial charge < -0.3 is 4.42 Å². The van der Waals surface area contributed by atoms with Crippen molar-refractivity contribution in [3.05, 3.63) is 81.8 Å². The topological polar surface area (TPSA) is 79.6 Å². The second-order valence-corrected chi connectivity index (χ2v) is 7.08. The number of rotatable bonds is 3. The molecule has 1 aromatic heterocycles. The zero-order valence-corrected chi connectivity index (χ0v) is 16.5. The second-order valence-electron chi connectivity index (χ2n) is 6.27. The van der Waals surface area contributed by atoms with Crippen LogP contribution in [-0.2, 0) is 9.59 Å². The van der Waals surface area contributed by atoms with E-state index in [1.54, 1.807) is 30.3 Å². The molecule has 0 atom stereocenters. The number of anilines is 1. The zero-order valence-electron chi connectivity index (χ0n) is 15.0. The number of hydrogen-bond donors (Lipinski definition) is 1. The number of benzene rings is 2. The van der Waals surface area contributed by atoms with Crippen molar-refractivity contribution >= 4 is 52.8 Å². The van der Waals surface area contributed by atoms with Crippen molar-refractivity contribution in [2.24, 2.45) is 0 Å². The van der Waals surface area contributed by atoms with Crippen LogP contribution in [-0.4, -0.2) is 17.8 Å². The molecule has 0 saturated carbocycles. The summed E-state index contributed by atoms with van der Waals surface area (Å²) in [5.74, 6) is -1.60. The number of barbiturate groups is 1. The number of hydrogen-bond acceptors (Lipinski definition) is 4. The van der Waals surface area contributed by atoms with E-state index < -0.39 is 23.7 Å². The van der Waals surface area contributed by atoms with Crippen LogP contribution in [0, 0.1) is 5.82 Å². The minimum atomic E-state index is -0.926. The van der Waals surface area contributed by atoms with Crippen LogP contribution in [0.4, 0.5) is 14.9 Å². The highest BCUT2D eigenvalue weighted by atomic mass is 35.5. The van der Waals surface area contributed by atoms with E-state index in [1.165, 1.54) is 18.2 Å².